The molecule has 0 saturated heterocycles. The first kappa shape index (κ1) is 12.9. The Morgan fingerprint density at radius 1 is 1.40 bits per heavy atom. The van der Waals surface area contributed by atoms with Crippen LogP contribution in [0.3, 0.4) is 0 Å². The maximum atomic E-state index is 6.15. The van der Waals surface area contributed by atoms with Gasteiger partial charge in [0.25, 0.3) is 0 Å². The number of thioether (sulfide) groups is 1. The molecule has 84 valence electrons. The minimum atomic E-state index is 0.655. The molecule has 0 aliphatic heterocycles. The summed E-state index contributed by atoms with van der Waals surface area (Å²) in [6.07, 6.45) is 3.36. The molecule has 3 heteroatoms. The molecule has 0 aliphatic carbocycles. The summed E-state index contributed by atoms with van der Waals surface area (Å²) in [6.45, 7) is 2.86. The Morgan fingerprint density at radius 2 is 2.20 bits per heavy atom. The van der Waals surface area contributed by atoms with Gasteiger partial charge < -0.3 is 5.73 Å². The van der Waals surface area contributed by atoms with Crippen molar-refractivity contribution < 1.29 is 0 Å². The quantitative estimate of drug-likeness (QED) is 0.609. The van der Waals surface area contributed by atoms with Crippen LogP contribution in [0.1, 0.15) is 25.3 Å². The van der Waals surface area contributed by atoms with Gasteiger partial charge in [-0.05, 0) is 42.8 Å². The minimum absolute atomic E-state index is 0.655. The van der Waals surface area contributed by atoms with Crippen LogP contribution in [0.25, 0.3) is 0 Å². The lowest BCUT2D eigenvalue weighted by Gasteiger charge is -2.05. The summed E-state index contributed by atoms with van der Waals surface area (Å²) in [7, 11) is 0. The van der Waals surface area contributed by atoms with Crippen molar-refractivity contribution in [2.24, 2.45) is 5.73 Å². The lowest BCUT2D eigenvalue weighted by molar-refractivity contribution is 0.896. The van der Waals surface area contributed by atoms with Crippen molar-refractivity contribution in [1.82, 2.24) is 0 Å². The first-order valence-electron chi connectivity index (χ1n) is 5.39. The number of benzene rings is 1. The summed E-state index contributed by atoms with van der Waals surface area (Å²) in [5.74, 6) is 1.17. The SMILES string of the molecule is CCCCSc1ccc(CCN)c(Cl)c1. The molecule has 1 aromatic carbocycles. The summed E-state index contributed by atoms with van der Waals surface area (Å²) in [4.78, 5) is 1.26. The second kappa shape index (κ2) is 7.15. The number of nitrogens with two attached hydrogens (primary N) is 1. The molecular formula is C12H18ClNS. The van der Waals surface area contributed by atoms with Gasteiger partial charge in [-0.15, -0.1) is 11.8 Å². The maximum absolute atomic E-state index is 6.15. The molecule has 0 spiro atoms. The summed E-state index contributed by atoms with van der Waals surface area (Å²) in [5.41, 5.74) is 6.65. The van der Waals surface area contributed by atoms with E-state index in [4.69, 9.17) is 17.3 Å². The van der Waals surface area contributed by atoms with Crippen molar-refractivity contribution in [3.8, 4) is 0 Å². The summed E-state index contributed by atoms with van der Waals surface area (Å²) in [5, 5.41) is 0.849. The Bertz CT molecular complexity index is 302. The Balaban J connectivity index is 2.56. The highest BCUT2D eigenvalue weighted by atomic mass is 35.5. The second-order valence-corrected chi connectivity index (χ2v) is 5.07. The lowest BCUT2D eigenvalue weighted by atomic mass is 10.1. The van der Waals surface area contributed by atoms with Gasteiger partial charge >= 0.3 is 0 Å². The van der Waals surface area contributed by atoms with E-state index in [2.05, 4.69) is 19.1 Å². The van der Waals surface area contributed by atoms with E-state index in [1.165, 1.54) is 23.5 Å². The largest absolute Gasteiger partial charge is 0.330 e. The van der Waals surface area contributed by atoms with E-state index in [1.807, 2.05) is 17.8 Å². The van der Waals surface area contributed by atoms with Crippen molar-refractivity contribution in [1.29, 1.82) is 0 Å². The molecule has 1 nitrogen and oxygen atoms in total. The maximum Gasteiger partial charge on any atom is 0.0449 e. The zero-order chi connectivity index (χ0) is 11.1. The fourth-order valence-electron chi connectivity index (χ4n) is 1.31. The zero-order valence-electron chi connectivity index (χ0n) is 9.13. The molecule has 0 aliphatic rings. The average Bonchev–Trinajstić information content (AvgIpc) is 2.23. The van der Waals surface area contributed by atoms with Gasteiger partial charge in [0.05, 0.1) is 0 Å². The molecule has 2 N–H and O–H groups in total. The van der Waals surface area contributed by atoms with E-state index in [9.17, 15) is 0 Å². The first-order valence-corrected chi connectivity index (χ1v) is 6.75. The van der Waals surface area contributed by atoms with Gasteiger partial charge in [0.15, 0.2) is 0 Å². The van der Waals surface area contributed by atoms with Crippen LogP contribution in [0, 0.1) is 0 Å². The number of rotatable bonds is 6. The van der Waals surface area contributed by atoms with Crippen molar-refractivity contribution in [2.75, 3.05) is 12.3 Å². The predicted molar refractivity (Wildman–Crippen MR) is 69.8 cm³/mol. The van der Waals surface area contributed by atoms with E-state index < -0.39 is 0 Å². The number of unbranched alkanes of at least 4 members (excludes halogenated alkanes) is 1. The lowest BCUT2D eigenvalue weighted by Crippen LogP contribution is -2.02. The van der Waals surface area contributed by atoms with Crippen molar-refractivity contribution >= 4 is 23.4 Å². The molecule has 0 atom stereocenters. The first-order chi connectivity index (χ1) is 7.27. The molecule has 15 heavy (non-hydrogen) atoms. The molecule has 0 bridgehead atoms. The Hall–Kier alpha value is -0.180. The number of halogens is 1. The van der Waals surface area contributed by atoms with Crippen LogP contribution in [-0.4, -0.2) is 12.3 Å². The predicted octanol–water partition coefficient (Wildman–Crippen LogP) is 3.73. The number of hydrogen-bond acceptors (Lipinski definition) is 2. The van der Waals surface area contributed by atoms with E-state index in [0.29, 0.717) is 6.54 Å². The van der Waals surface area contributed by atoms with E-state index in [1.54, 1.807) is 0 Å². The third-order valence-corrected chi connectivity index (χ3v) is 3.64. The van der Waals surface area contributed by atoms with Crippen LogP contribution in [0.15, 0.2) is 23.1 Å². The Morgan fingerprint density at radius 3 is 2.80 bits per heavy atom. The molecule has 0 amide bonds. The summed E-state index contributed by atoms with van der Waals surface area (Å²) in [6, 6.07) is 6.27. The zero-order valence-corrected chi connectivity index (χ0v) is 10.7. The Labute approximate surface area is 101 Å². The van der Waals surface area contributed by atoms with Crippen LogP contribution < -0.4 is 5.73 Å². The van der Waals surface area contributed by atoms with Gasteiger partial charge in [-0.1, -0.05) is 31.0 Å². The smallest absolute Gasteiger partial charge is 0.0449 e. The number of hydrogen-bond donors (Lipinski definition) is 1. The molecule has 0 aromatic heterocycles. The molecule has 0 radical (unpaired) electrons. The van der Waals surface area contributed by atoms with Crippen molar-refractivity contribution in [3.63, 3.8) is 0 Å². The average molecular weight is 244 g/mol. The molecule has 0 saturated carbocycles. The van der Waals surface area contributed by atoms with E-state index in [-0.39, 0.29) is 0 Å². The van der Waals surface area contributed by atoms with Crippen molar-refractivity contribution in [3.05, 3.63) is 28.8 Å². The van der Waals surface area contributed by atoms with E-state index in [0.717, 1.165) is 17.0 Å². The minimum Gasteiger partial charge on any atom is -0.330 e. The van der Waals surface area contributed by atoms with Gasteiger partial charge in [-0.25, -0.2) is 0 Å². The summed E-state index contributed by atoms with van der Waals surface area (Å²) >= 11 is 8.02. The molecule has 1 aromatic rings. The Kier molecular flexibility index (Phi) is 6.15. The van der Waals surface area contributed by atoms with Crippen molar-refractivity contribution in [2.45, 2.75) is 31.1 Å². The van der Waals surface area contributed by atoms with Crippen LogP contribution in [0.5, 0.6) is 0 Å². The molecular weight excluding hydrogens is 226 g/mol. The van der Waals surface area contributed by atoms with Gasteiger partial charge in [0.1, 0.15) is 0 Å². The fraction of sp³-hybridized carbons (Fsp3) is 0.500. The molecule has 0 unspecified atom stereocenters. The third-order valence-electron chi connectivity index (χ3n) is 2.20. The molecule has 0 heterocycles. The van der Waals surface area contributed by atoms with Gasteiger partial charge in [-0.3, -0.25) is 0 Å². The third kappa shape index (κ3) is 4.45. The van der Waals surface area contributed by atoms with Crippen LogP contribution in [-0.2, 0) is 6.42 Å². The highest BCUT2D eigenvalue weighted by Crippen LogP contribution is 2.25. The highest BCUT2D eigenvalue weighted by molar-refractivity contribution is 7.99. The molecule has 1 rings (SSSR count). The fourth-order valence-corrected chi connectivity index (χ4v) is 2.68. The standard InChI is InChI=1S/C12H18ClNS/c1-2-3-8-15-11-5-4-10(6-7-14)12(13)9-11/h4-5,9H,2-3,6-8,14H2,1H3. The van der Waals surface area contributed by atoms with Gasteiger partial charge in [0, 0.05) is 9.92 Å². The second-order valence-electron chi connectivity index (χ2n) is 3.49. The normalized spacial score (nSPS) is 10.6. The van der Waals surface area contributed by atoms with Crippen LogP contribution in [0.4, 0.5) is 0 Å². The monoisotopic (exact) mass is 243 g/mol. The van der Waals surface area contributed by atoms with Gasteiger partial charge in [-0.2, -0.15) is 0 Å². The topological polar surface area (TPSA) is 26.0 Å². The molecule has 0 fully saturated rings. The van der Waals surface area contributed by atoms with Gasteiger partial charge in [0.2, 0.25) is 0 Å². The van der Waals surface area contributed by atoms with E-state index >= 15 is 0 Å². The van der Waals surface area contributed by atoms with Crippen LogP contribution in [0.2, 0.25) is 5.02 Å². The highest BCUT2D eigenvalue weighted by Gasteiger charge is 2.01. The summed E-state index contributed by atoms with van der Waals surface area (Å²) < 4.78 is 0. The van der Waals surface area contributed by atoms with Crippen LogP contribution >= 0.6 is 23.4 Å².